The Bertz CT molecular complexity index is 1130. The van der Waals surface area contributed by atoms with Gasteiger partial charge >= 0.3 is 5.63 Å². The molecule has 5 nitrogen and oxygen atoms in total. The fourth-order valence-electron chi connectivity index (χ4n) is 4.42. The number of para-hydroxylation sites is 1. The maximum atomic E-state index is 13.1. The van der Waals surface area contributed by atoms with E-state index in [0.717, 1.165) is 38.5 Å². The number of unbranched alkanes of at least 4 members (excludes halogenated alkanes) is 7. The molecule has 0 radical (unpaired) electrons. The molecule has 2 rings (SSSR count). The molecular formula is C35H52O5. The Balaban J connectivity index is 2.14. The van der Waals surface area contributed by atoms with Crippen molar-refractivity contribution in [3.63, 3.8) is 0 Å². The summed E-state index contributed by atoms with van der Waals surface area (Å²) < 4.78 is 24.0. The Morgan fingerprint density at radius 1 is 0.800 bits per heavy atom. The number of allylic oxidation sites excluding steroid dienone is 4. The molecule has 0 fully saturated rings. The molecule has 2 aromatic rings. The van der Waals surface area contributed by atoms with Crippen LogP contribution in [-0.2, 0) is 0 Å². The lowest BCUT2D eigenvalue weighted by Gasteiger charge is -2.15. The molecule has 222 valence electrons. The average molecular weight is 553 g/mol. The van der Waals surface area contributed by atoms with Crippen molar-refractivity contribution in [3.05, 3.63) is 64.1 Å². The molecule has 0 N–H and O–H groups in total. The summed E-state index contributed by atoms with van der Waals surface area (Å²) in [7, 11) is 0. The zero-order valence-electron chi connectivity index (χ0n) is 25.7. The highest BCUT2D eigenvalue weighted by Gasteiger charge is 2.20. The normalized spacial score (nSPS) is 11.8. The second-order valence-corrected chi connectivity index (χ2v) is 10.7. The molecule has 0 bridgehead atoms. The van der Waals surface area contributed by atoms with Crippen molar-refractivity contribution in [3.8, 4) is 17.2 Å². The van der Waals surface area contributed by atoms with Crippen LogP contribution in [0, 0.1) is 0 Å². The van der Waals surface area contributed by atoms with Crippen molar-refractivity contribution in [2.75, 3.05) is 19.8 Å². The summed E-state index contributed by atoms with van der Waals surface area (Å²) in [6, 6.07) is 5.65. The van der Waals surface area contributed by atoms with Crippen LogP contribution < -0.4 is 19.8 Å². The molecule has 0 saturated carbocycles. The van der Waals surface area contributed by atoms with Crippen LogP contribution in [0.3, 0.4) is 0 Å². The first-order valence-corrected chi connectivity index (χ1v) is 15.4. The number of hydrogen-bond acceptors (Lipinski definition) is 5. The van der Waals surface area contributed by atoms with Crippen LogP contribution in [0.25, 0.3) is 11.0 Å². The average Bonchev–Trinajstić information content (AvgIpc) is 2.93. The van der Waals surface area contributed by atoms with Crippen molar-refractivity contribution in [1.29, 1.82) is 0 Å². The quantitative estimate of drug-likeness (QED) is 0.0876. The van der Waals surface area contributed by atoms with Crippen LogP contribution in [0.5, 0.6) is 17.2 Å². The summed E-state index contributed by atoms with van der Waals surface area (Å²) in [4.78, 5) is 13.1. The van der Waals surface area contributed by atoms with E-state index in [1.165, 1.54) is 49.7 Å². The van der Waals surface area contributed by atoms with Crippen LogP contribution in [0.15, 0.2) is 62.9 Å². The van der Waals surface area contributed by atoms with Gasteiger partial charge in [-0.15, -0.1) is 0 Å². The molecule has 0 unspecified atom stereocenters. The van der Waals surface area contributed by atoms with E-state index in [1.54, 1.807) is 0 Å². The van der Waals surface area contributed by atoms with Gasteiger partial charge in [0.25, 0.3) is 0 Å². The highest BCUT2D eigenvalue weighted by atomic mass is 16.5. The molecule has 0 spiro atoms. The van der Waals surface area contributed by atoms with Gasteiger partial charge in [0.1, 0.15) is 6.61 Å². The lowest BCUT2D eigenvalue weighted by Crippen LogP contribution is -2.11. The number of ether oxygens (including phenoxy) is 3. The van der Waals surface area contributed by atoms with E-state index in [9.17, 15) is 4.79 Å². The monoisotopic (exact) mass is 552 g/mol. The maximum absolute atomic E-state index is 13.1. The first-order valence-electron chi connectivity index (χ1n) is 15.4. The molecule has 0 aliphatic carbocycles. The van der Waals surface area contributed by atoms with E-state index in [0.29, 0.717) is 35.7 Å². The van der Waals surface area contributed by atoms with Gasteiger partial charge in [0.05, 0.1) is 18.6 Å². The Morgan fingerprint density at radius 2 is 1.55 bits per heavy atom. The highest BCUT2D eigenvalue weighted by molar-refractivity contribution is 5.89. The summed E-state index contributed by atoms with van der Waals surface area (Å²) >= 11 is 0. The van der Waals surface area contributed by atoms with Gasteiger partial charge in [-0.25, -0.2) is 4.79 Å². The number of rotatable bonds is 21. The lowest BCUT2D eigenvalue weighted by atomic mass is 10.1. The molecule has 0 aliphatic rings. The first-order chi connectivity index (χ1) is 19.5. The Hall–Kier alpha value is -2.95. The molecule has 0 aliphatic heterocycles. The number of fused-ring (bicyclic) bond motifs is 1. The highest BCUT2D eigenvalue weighted by Crippen LogP contribution is 2.37. The van der Waals surface area contributed by atoms with Crippen LogP contribution in [0.2, 0.25) is 0 Å². The Morgan fingerprint density at radius 3 is 2.27 bits per heavy atom. The summed E-state index contributed by atoms with van der Waals surface area (Å²) in [6.45, 7) is 11.9. The molecule has 40 heavy (non-hydrogen) atoms. The minimum absolute atomic E-state index is 0.112. The number of hydrogen-bond donors (Lipinski definition) is 0. The smallest absolute Gasteiger partial charge is 0.383 e. The first kappa shape index (κ1) is 33.3. The molecular weight excluding hydrogens is 500 g/mol. The van der Waals surface area contributed by atoms with E-state index in [-0.39, 0.29) is 12.4 Å². The summed E-state index contributed by atoms with van der Waals surface area (Å²) in [5.41, 5.74) is 2.39. The summed E-state index contributed by atoms with van der Waals surface area (Å²) in [6.07, 6.45) is 22.0. The zero-order valence-corrected chi connectivity index (χ0v) is 25.7. The third-order valence-electron chi connectivity index (χ3n) is 6.75. The molecule has 1 heterocycles. The molecule has 1 aromatic heterocycles. The number of benzene rings is 1. The summed E-state index contributed by atoms with van der Waals surface area (Å²) in [5.74, 6) is 1.10. The predicted octanol–water partition coefficient (Wildman–Crippen LogP) is 10.1. The van der Waals surface area contributed by atoms with E-state index in [2.05, 4.69) is 52.8 Å². The predicted molar refractivity (Wildman–Crippen MR) is 168 cm³/mol. The van der Waals surface area contributed by atoms with Gasteiger partial charge in [-0.2, -0.15) is 0 Å². The molecule has 0 atom stereocenters. The van der Waals surface area contributed by atoms with E-state index in [1.807, 2.05) is 24.3 Å². The largest absolute Gasteiger partial charge is 0.490 e. The Labute approximate surface area is 242 Å². The maximum Gasteiger partial charge on any atom is 0.383 e. The molecule has 1 aromatic carbocycles. The second kappa shape index (κ2) is 20.0. The van der Waals surface area contributed by atoms with Crippen LogP contribution in [0.4, 0.5) is 0 Å². The van der Waals surface area contributed by atoms with Crippen molar-refractivity contribution < 1.29 is 18.6 Å². The van der Waals surface area contributed by atoms with Crippen molar-refractivity contribution in [2.24, 2.45) is 0 Å². The Kier molecular flexibility index (Phi) is 16.6. The molecule has 5 heteroatoms. The van der Waals surface area contributed by atoms with Gasteiger partial charge in [-0.05, 0) is 71.1 Å². The fraction of sp³-hybridized carbons (Fsp3) is 0.571. The minimum atomic E-state index is -0.551. The SMILES string of the molecule is CC/C=C/CCOc1c(OC/C=C(\C)CCC=C(C)C)c(=O)oc2c(OCCCCCCCCCC)cccc12. The van der Waals surface area contributed by atoms with E-state index < -0.39 is 5.63 Å². The topological polar surface area (TPSA) is 57.9 Å². The second-order valence-electron chi connectivity index (χ2n) is 10.7. The van der Waals surface area contributed by atoms with Gasteiger partial charge in [0, 0.05) is 0 Å². The van der Waals surface area contributed by atoms with Gasteiger partial charge in [-0.1, -0.05) is 94.2 Å². The van der Waals surface area contributed by atoms with Crippen molar-refractivity contribution in [1.82, 2.24) is 0 Å². The van der Waals surface area contributed by atoms with Crippen LogP contribution in [0.1, 0.15) is 112 Å². The standard InChI is InChI=1S/C35H52O5/c1-6-8-10-12-13-14-15-17-25-37-31-23-19-22-30-32(31)40-35(36)34(33(30)38-26-16-11-9-7-2)39-27-24-29(5)21-18-20-28(3)4/h9,11,19-20,22-24H,6-8,10,12-18,21,25-27H2,1-5H3/b11-9+,29-24+. The van der Waals surface area contributed by atoms with Crippen LogP contribution >= 0.6 is 0 Å². The third kappa shape index (κ3) is 12.5. The van der Waals surface area contributed by atoms with Crippen molar-refractivity contribution in [2.45, 2.75) is 112 Å². The van der Waals surface area contributed by atoms with Crippen LogP contribution in [-0.4, -0.2) is 19.8 Å². The van der Waals surface area contributed by atoms with E-state index >= 15 is 0 Å². The van der Waals surface area contributed by atoms with Gasteiger partial charge in [0.2, 0.25) is 5.75 Å². The summed E-state index contributed by atoms with van der Waals surface area (Å²) in [5, 5.41) is 0.687. The van der Waals surface area contributed by atoms with E-state index in [4.69, 9.17) is 18.6 Å². The molecule has 0 saturated heterocycles. The minimum Gasteiger partial charge on any atom is -0.490 e. The zero-order chi connectivity index (χ0) is 29.0. The van der Waals surface area contributed by atoms with Gasteiger partial charge in [0.15, 0.2) is 17.1 Å². The fourth-order valence-corrected chi connectivity index (χ4v) is 4.42. The molecule has 0 amide bonds. The van der Waals surface area contributed by atoms with Gasteiger partial charge < -0.3 is 18.6 Å². The lowest BCUT2D eigenvalue weighted by molar-refractivity contribution is 0.276. The van der Waals surface area contributed by atoms with Gasteiger partial charge in [-0.3, -0.25) is 0 Å². The third-order valence-corrected chi connectivity index (χ3v) is 6.75. The van der Waals surface area contributed by atoms with Crippen molar-refractivity contribution >= 4 is 11.0 Å².